The molecule has 2 rings (SSSR count). The van der Waals surface area contributed by atoms with Crippen molar-refractivity contribution in [2.75, 3.05) is 23.9 Å². The molecule has 0 saturated heterocycles. The lowest BCUT2D eigenvalue weighted by Crippen LogP contribution is -2.15. The number of hydrogen-bond acceptors (Lipinski definition) is 2. The van der Waals surface area contributed by atoms with Gasteiger partial charge < -0.3 is 10.2 Å². The van der Waals surface area contributed by atoms with E-state index < -0.39 is 0 Å². The van der Waals surface area contributed by atoms with E-state index in [-0.39, 0.29) is 0 Å². The second-order valence-electron chi connectivity index (χ2n) is 2.82. The number of fused-ring (bicyclic) bond motifs is 1. The van der Waals surface area contributed by atoms with E-state index in [9.17, 15) is 0 Å². The summed E-state index contributed by atoms with van der Waals surface area (Å²) in [5, 5.41) is 4.40. The van der Waals surface area contributed by atoms with E-state index in [0.717, 1.165) is 18.0 Å². The molecule has 0 fully saturated rings. The molecule has 0 unspecified atom stereocenters. The van der Waals surface area contributed by atoms with Crippen LogP contribution in [0, 0.1) is 0 Å². The maximum absolute atomic E-state index is 5.87. The van der Waals surface area contributed by atoms with Crippen LogP contribution in [0.5, 0.6) is 0 Å². The predicted octanol–water partition coefficient (Wildman–Crippen LogP) is 2.81. The lowest BCUT2D eigenvalue weighted by atomic mass is 10.3. The topological polar surface area (TPSA) is 15.3 Å². The number of halogens is 2. The third kappa shape index (κ3) is 1.11. The van der Waals surface area contributed by atoms with E-state index in [2.05, 4.69) is 10.2 Å². The van der Waals surface area contributed by atoms with Gasteiger partial charge in [-0.25, -0.2) is 0 Å². The first-order valence-corrected chi connectivity index (χ1v) is 4.38. The minimum atomic E-state index is 0.596. The molecule has 0 spiro atoms. The molecule has 0 aromatic heterocycles. The van der Waals surface area contributed by atoms with Crippen LogP contribution >= 0.6 is 23.2 Å². The summed E-state index contributed by atoms with van der Waals surface area (Å²) in [7, 11) is 2.00. The molecule has 0 aliphatic carbocycles. The molecule has 1 aromatic carbocycles. The number of nitrogens with one attached hydrogen (secondary N) is 1. The second kappa shape index (κ2) is 2.71. The first kappa shape index (κ1) is 8.02. The van der Waals surface area contributed by atoms with Crippen molar-refractivity contribution in [2.24, 2.45) is 0 Å². The van der Waals surface area contributed by atoms with Gasteiger partial charge in [-0.3, -0.25) is 0 Å². The van der Waals surface area contributed by atoms with Gasteiger partial charge in [-0.05, 0) is 12.1 Å². The Hall–Kier alpha value is -0.600. The highest BCUT2D eigenvalue weighted by Crippen LogP contribution is 2.37. The zero-order valence-corrected chi connectivity index (χ0v) is 8.08. The van der Waals surface area contributed by atoms with Crippen LogP contribution in [0.3, 0.4) is 0 Å². The minimum absolute atomic E-state index is 0.596. The van der Waals surface area contributed by atoms with Gasteiger partial charge in [0.1, 0.15) is 0 Å². The summed E-state index contributed by atoms with van der Waals surface area (Å²) in [5.41, 5.74) is 2.15. The average molecular weight is 203 g/mol. The van der Waals surface area contributed by atoms with Crippen molar-refractivity contribution in [3.05, 3.63) is 22.2 Å². The molecule has 0 saturated carbocycles. The Labute approximate surface area is 81.1 Å². The van der Waals surface area contributed by atoms with Crippen molar-refractivity contribution >= 4 is 34.6 Å². The Bertz CT molecular complexity index is 325. The summed E-state index contributed by atoms with van der Waals surface area (Å²) in [6.45, 7) is 0.812. The van der Waals surface area contributed by atoms with Crippen LogP contribution in [-0.2, 0) is 0 Å². The van der Waals surface area contributed by atoms with Crippen LogP contribution < -0.4 is 10.2 Å². The average Bonchev–Trinajstić information content (AvgIpc) is 2.35. The van der Waals surface area contributed by atoms with Crippen LogP contribution in [-0.4, -0.2) is 13.7 Å². The molecule has 64 valence electrons. The number of hydrogen-bond donors (Lipinski definition) is 1. The van der Waals surface area contributed by atoms with Crippen LogP contribution in [0.4, 0.5) is 11.4 Å². The van der Waals surface area contributed by atoms with Crippen LogP contribution in [0.25, 0.3) is 0 Å². The monoisotopic (exact) mass is 202 g/mol. The lowest BCUT2D eigenvalue weighted by molar-refractivity contribution is 1.03. The Morgan fingerprint density at radius 3 is 2.75 bits per heavy atom. The van der Waals surface area contributed by atoms with Gasteiger partial charge in [-0.1, -0.05) is 23.2 Å². The molecule has 4 heteroatoms. The maximum atomic E-state index is 5.87. The molecule has 1 aromatic rings. The number of anilines is 2. The maximum Gasteiger partial charge on any atom is 0.0874 e. The number of rotatable bonds is 0. The summed E-state index contributed by atoms with van der Waals surface area (Å²) in [4.78, 5) is 2.08. The smallest absolute Gasteiger partial charge is 0.0874 e. The summed E-state index contributed by atoms with van der Waals surface area (Å²) in [5.74, 6) is 0. The molecule has 1 heterocycles. The Kier molecular flexibility index (Phi) is 1.81. The van der Waals surface area contributed by atoms with E-state index in [1.807, 2.05) is 19.2 Å². The first-order chi connectivity index (χ1) is 5.68. The number of benzene rings is 1. The Morgan fingerprint density at radius 1 is 1.33 bits per heavy atom. The van der Waals surface area contributed by atoms with Gasteiger partial charge in [-0.2, -0.15) is 0 Å². The van der Waals surface area contributed by atoms with Gasteiger partial charge in [0.05, 0.1) is 28.1 Å². The lowest BCUT2D eigenvalue weighted by Gasteiger charge is -2.09. The van der Waals surface area contributed by atoms with E-state index in [0.29, 0.717) is 10.0 Å². The van der Waals surface area contributed by atoms with Crippen molar-refractivity contribution in [2.45, 2.75) is 0 Å². The highest BCUT2D eigenvalue weighted by atomic mass is 35.5. The van der Waals surface area contributed by atoms with Crippen molar-refractivity contribution in [3.8, 4) is 0 Å². The molecule has 0 amide bonds. The van der Waals surface area contributed by atoms with Crippen molar-refractivity contribution < 1.29 is 0 Å². The second-order valence-corrected chi connectivity index (χ2v) is 3.63. The van der Waals surface area contributed by atoms with Crippen molar-refractivity contribution in [1.82, 2.24) is 0 Å². The fourth-order valence-corrected chi connectivity index (χ4v) is 1.60. The number of nitrogens with zero attached hydrogens (tertiary/aromatic N) is 1. The van der Waals surface area contributed by atoms with Gasteiger partial charge in [0, 0.05) is 7.05 Å². The SMILES string of the molecule is CN1CNc2cc(Cl)c(Cl)cc21. The van der Waals surface area contributed by atoms with Gasteiger partial charge in [0.25, 0.3) is 0 Å². The van der Waals surface area contributed by atoms with Crippen LogP contribution in [0.15, 0.2) is 12.1 Å². The van der Waals surface area contributed by atoms with E-state index in [1.54, 1.807) is 0 Å². The first-order valence-electron chi connectivity index (χ1n) is 3.62. The third-order valence-electron chi connectivity index (χ3n) is 1.96. The van der Waals surface area contributed by atoms with Crippen molar-refractivity contribution in [3.63, 3.8) is 0 Å². The Morgan fingerprint density at radius 2 is 2.00 bits per heavy atom. The highest BCUT2D eigenvalue weighted by molar-refractivity contribution is 6.42. The van der Waals surface area contributed by atoms with Crippen molar-refractivity contribution in [1.29, 1.82) is 0 Å². The molecule has 1 aliphatic heterocycles. The standard InChI is InChI=1S/C8H8Cl2N2/c1-12-4-11-7-2-5(9)6(10)3-8(7)12/h2-3,11H,4H2,1H3. The summed E-state index contributed by atoms with van der Waals surface area (Å²) in [6, 6.07) is 3.72. The van der Waals surface area contributed by atoms with Gasteiger partial charge >= 0.3 is 0 Å². The Balaban J connectivity index is 2.56. The van der Waals surface area contributed by atoms with Gasteiger partial charge in [-0.15, -0.1) is 0 Å². The molecular weight excluding hydrogens is 195 g/mol. The molecule has 0 radical (unpaired) electrons. The third-order valence-corrected chi connectivity index (χ3v) is 2.68. The minimum Gasteiger partial charge on any atom is -0.366 e. The molecule has 0 atom stereocenters. The summed E-state index contributed by atoms with van der Waals surface area (Å²) in [6.07, 6.45) is 0. The summed E-state index contributed by atoms with van der Waals surface area (Å²) < 4.78 is 0. The normalized spacial score (nSPS) is 14.4. The zero-order valence-electron chi connectivity index (χ0n) is 6.56. The van der Waals surface area contributed by atoms with Crippen LogP contribution in [0.2, 0.25) is 10.0 Å². The molecule has 2 nitrogen and oxygen atoms in total. The molecule has 1 aliphatic rings. The fraction of sp³-hybridized carbons (Fsp3) is 0.250. The van der Waals surface area contributed by atoms with E-state index >= 15 is 0 Å². The largest absolute Gasteiger partial charge is 0.366 e. The van der Waals surface area contributed by atoms with Crippen LogP contribution in [0.1, 0.15) is 0 Å². The molecule has 0 bridgehead atoms. The van der Waals surface area contributed by atoms with E-state index in [1.165, 1.54) is 0 Å². The van der Waals surface area contributed by atoms with E-state index in [4.69, 9.17) is 23.2 Å². The highest BCUT2D eigenvalue weighted by Gasteiger charge is 2.16. The fourth-order valence-electron chi connectivity index (χ4n) is 1.28. The molecule has 12 heavy (non-hydrogen) atoms. The van der Waals surface area contributed by atoms with Gasteiger partial charge in [0.15, 0.2) is 0 Å². The molecule has 1 N–H and O–H groups in total. The summed E-state index contributed by atoms with van der Waals surface area (Å²) >= 11 is 11.7. The quantitative estimate of drug-likeness (QED) is 0.697. The molecular formula is C8H8Cl2N2. The van der Waals surface area contributed by atoms with Gasteiger partial charge in [0.2, 0.25) is 0 Å². The zero-order chi connectivity index (χ0) is 8.72. The predicted molar refractivity (Wildman–Crippen MR) is 53.4 cm³/mol.